The molecule has 33 heavy (non-hydrogen) atoms. The molecule has 1 fully saturated rings. The van der Waals surface area contributed by atoms with Crippen LogP contribution in [0, 0.1) is 5.92 Å². The van der Waals surface area contributed by atoms with Gasteiger partial charge in [0.15, 0.2) is 0 Å². The maximum Gasteiger partial charge on any atom is 0.407 e. The molecule has 2 aromatic carbocycles. The molecule has 8 heteroatoms. The average molecular weight is 453 g/mol. The first kappa shape index (κ1) is 22.8. The summed E-state index contributed by atoms with van der Waals surface area (Å²) in [6, 6.07) is 15.0. The molecule has 0 radical (unpaired) electrons. The van der Waals surface area contributed by atoms with Crippen LogP contribution in [0.2, 0.25) is 0 Å². The smallest absolute Gasteiger partial charge is 0.407 e. The molecule has 2 aliphatic rings. The number of amides is 2. The highest BCUT2D eigenvalue weighted by Crippen LogP contribution is 2.44. The second-order valence-corrected chi connectivity index (χ2v) is 8.70. The van der Waals surface area contributed by atoms with E-state index < -0.39 is 24.2 Å². The Bertz CT molecular complexity index is 1000. The van der Waals surface area contributed by atoms with Gasteiger partial charge in [-0.3, -0.25) is 9.59 Å². The van der Waals surface area contributed by atoms with Crippen LogP contribution >= 0.6 is 0 Å². The minimum absolute atomic E-state index is 0.0106. The number of alkyl carbamates (subject to hydrolysis) is 1. The Labute approximate surface area is 192 Å². The Morgan fingerprint density at radius 1 is 1.06 bits per heavy atom. The lowest BCUT2D eigenvalue weighted by Gasteiger charge is -2.42. The number of rotatable bonds is 8. The van der Waals surface area contributed by atoms with Crippen LogP contribution in [-0.2, 0) is 14.3 Å². The van der Waals surface area contributed by atoms with Gasteiger partial charge in [0.05, 0.1) is 6.10 Å². The van der Waals surface area contributed by atoms with Crippen LogP contribution in [0.5, 0.6) is 0 Å². The fourth-order valence-electron chi connectivity index (χ4n) is 4.53. The molecule has 0 saturated carbocycles. The first-order chi connectivity index (χ1) is 15.8. The zero-order valence-electron chi connectivity index (χ0n) is 18.4. The normalized spacial score (nSPS) is 16.8. The fourth-order valence-corrected chi connectivity index (χ4v) is 4.53. The van der Waals surface area contributed by atoms with Gasteiger partial charge in [-0.05, 0) is 35.6 Å². The maximum absolute atomic E-state index is 12.8. The number of aliphatic hydroxyl groups is 1. The van der Waals surface area contributed by atoms with Gasteiger partial charge in [-0.1, -0.05) is 48.5 Å². The fraction of sp³-hybridized carbons (Fsp3) is 0.400. The van der Waals surface area contributed by atoms with E-state index in [1.54, 1.807) is 6.92 Å². The Kier molecular flexibility index (Phi) is 6.65. The lowest BCUT2D eigenvalue weighted by atomic mass is 9.93. The summed E-state index contributed by atoms with van der Waals surface area (Å²) < 4.78 is 5.51. The van der Waals surface area contributed by atoms with Crippen LogP contribution in [0.1, 0.15) is 36.8 Å². The molecule has 4 rings (SSSR count). The Morgan fingerprint density at radius 3 is 2.18 bits per heavy atom. The van der Waals surface area contributed by atoms with Gasteiger partial charge >= 0.3 is 12.1 Å². The number of hydrogen-bond acceptors (Lipinski definition) is 5. The number of carbonyl (C=O) groups excluding carboxylic acids is 2. The number of likely N-dealkylation sites (tertiary alicyclic amines) is 1. The number of nitrogens with one attached hydrogen (secondary N) is 1. The summed E-state index contributed by atoms with van der Waals surface area (Å²) in [5.74, 6) is -1.53. The molecule has 1 aliphatic carbocycles. The number of aliphatic hydroxyl groups excluding tert-OH is 1. The second kappa shape index (κ2) is 9.62. The van der Waals surface area contributed by atoms with Crippen LogP contribution in [0.15, 0.2) is 48.5 Å². The average Bonchev–Trinajstić information content (AvgIpc) is 3.07. The van der Waals surface area contributed by atoms with Crippen LogP contribution in [-0.4, -0.2) is 64.9 Å². The summed E-state index contributed by atoms with van der Waals surface area (Å²) >= 11 is 0. The van der Waals surface area contributed by atoms with Gasteiger partial charge in [0.2, 0.25) is 5.91 Å². The number of nitrogens with zero attached hydrogens (tertiary/aromatic N) is 1. The molecular formula is C25H28N2O6. The topological polar surface area (TPSA) is 116 Å². The molecule has 2 amide bonds. The SMILES string of the molecule is C[C@H](O)C1CN(C(=O)C(CCC(=O)O)NC(=O)OCC2c3ccccc3-c3ccccc32)C1. The van der Waals surface area contributed by atoms with Gasteiger partial charge in [0.1, 0.15) is 12.6 Å². The third kappa shape index (κ3) is 4.85. The van der Waals surface area contributed by atoms with E-state index >= 15 is 0 Å². The molecule has 0 aromatic heterocycles. The van der Waals surface area contributed by atoms with Crippen molar-refractivity contribution in [2.45, 2.75) is 37.8 Å². The standard InChI is InChI=1S/C25H28N2O6/c1-15(28)16-12-27(13-16)24(31)22(10-11-23(29)30)26-25(32)33-14-21-19-8-4-2-6-17(19)18-7-3-5-9-20(18)21/h2-9,15-16,21-22,28H,10-14H2,1H3,(H,26,32)(H,29,30)/t15-,22?/m0/s1. The molecule has 2 atom stereocenters. The van der Waals surface area contributed by atoms with E-state index in [9.17, 15) is 19.5 Å². The molecule has 0 spiro atoms. The number of carbonyl (C=O) groups is 3. The molecular weight excluding hydrogens is 424 g/mol. The third-order valence-electron chi connectivity index (χ3n) is 6.48. The van der Waals surface area contributed by atoms with Gasteiger partial charge in [0.25, 0.3) is 0 Å². The summed E-state index contributed by atoms with van der Waals surface area (Å²) in [6.07, 6.45) is -1.57. The van der Waals surface area contributed by atoms with E-state index in [-0.39, 0.29) is 37.2 Å². The van der Waals surface area contributed by atoms with Crippen molar-refractivity contribution < 1.29 is 29.3 Å². The number of aliphatic carboxylic acids is 1. The van der Waals surface area contributed by atoms with E-state index in [0.29, 0.717) is 13.1 Å². The van der Waals surface area contributed by atoms with Gasteiger partial charge < -0.3 is 25.2 Å². The molecule has 3 N–H and O–H groups in total. The Hall–Kier alpha value is -3.39. The maximum atomic E-state index is 12.8. The monoisotopic (exact) mass is 452 g/mol. The van der Waals surface area contributed by atoms with Crippen molar-refractivity contribution >= 4 is 18.0 Å². The van der Waals surface area contributed by atoms with Crippen LogP contribution < -0.4 is 5.32 Å². The van der Waals surface area contributed by atoms with Gasteiger partial charge in [0, 0.05) is 31.3 Å². The molecule has 1 unspecified atom stereocenters. The Balaban J connectivity index is 1.39. The van der Waals surface area contributed by atoms with Crippen LogP contribution in [0.4, 0.5) is 4.79 Å². The summed E-state index contributed by atoms with van der Waals surface area (Å²) in [5, 5.41) is 21.2. The molecule has 1 heterocycles. The first-order valence-electron chi connectivity index (χ1n) is 11.1. The number of fused-ring (bicyclic) bond motifs is 3. The number of carboxylic acids is 1. The summed E-state index contributed by atoms with van der Waals surface area (Å²) in [6.45, 7) is 2.54. The number of ether oxygens (including phenoxy) is 1. The minimum atomic E-state index is -1.05. The number of benzene rings is 2. The van der Waals surface area contributed by atoms with Gasteiger partial charge in [-0.25, -0.2) is 4.79 Å². The van der Waals surface area contributed by atoms with E-state index in [1.807, 2.05) is 48.5 Å². The van der Waals surface area contributed by atoms with Crippen molar-refractivity contribution in [2.75, 3.05) is 19.7 Å². The van der Waals surface area contributed by atoms with Gasteiger partial charge in [-0.15, -0.1) is 0 Å². The minimum Gasteiger partial charge on any atom is -0.481 e. The van der Waals surface area contributed by atoms with E-state index in [4.69, 9.17) is 9.84 Å². The van der Waals surface area contributed by atoms with Crippen LogP contribution in [0.3, 0.4) is 0 Å². The summed E-state index contributed by atoms with van der Waals surface area (Å²) in [4.78, 5) is 38.0. The summed E-state index contributed by atoms with van der Waals surface area (Å²) in [7, 11) is 0. The van der Waals surface area contributed by atoms with Crippen molar-refractivity contribution in [3.05, 3.63) is 59.7 Å². The lowest BCUT2D eigenvalue weighted by Crippen LogP contribution is -2.59. The van der Waals surface area contributed by atoms with Crippen molar-refractivity contribution in [2.24, 2.45) is 5.92 Å². The first-order valence-corrected chi connectivity index (χ1v) is 11.1. The van der Waals surface area contributed by atoms with Crippen molar-refractivity contribution in [1.29, 1.82) is 0 Å². The Morgan fingerprint density at radius 2 is 1.64 bits per heavy atom. The van der Waals surface area contributed by atoms with Gasteiger partial charge in [-0.2, -0.15) is 0 Å². The largest absolute Gasteiger partial charge is 0.481 e. The number of carboxylic acid groups (broad SMARTS) is 1. The highest BCUT2D eigenvalue weighted by atomic mass is 16.5. The van der Waals surface area contributed by atoms with Crippen molar-refractivity contribution in [3.63, 3.8) is 0 Å². The quantitative estimate of drug-likeness (QED) is 0.567. The van der Waals surface area contributed by atoms with E-state index in [0.717, 1.165) is 22.3 Å². The zero-order valence-corrected chi connectivity index (χ0v) is 18.4. The van der Waals surface area contributed by atoms with Crippen molar-refractivity contribution in [1.82, 2.24) is 10.2 Å². The molecule has 0 bridgehead atoms. The van der Waals surface area contributed by atoms with Crippen molar-refractivity contribution in [3.8, 4) is 11.1 Å². The molecule has 1 aliphatic heterocycles. The lowest BCUT2D eigenvalue weighted by molar-refractivity contribution is -0.143. The highest BCUT2D eigenvalue weighted by molar-refractivity contribution is 5.87. The molecule has 8 nitrogen and oxygen atoms in total. The molecule has 1 saturated heterocycles. The van der Waals surface area contributed by atoms with Crippen LogP contribution in [0.25, 0.3) is 11.1 Å². The molecule has 174 valence electrons. The second-order valence-electron chi connectivity index (χ2n) is 8.70. The summed E-state index contributed by atoms with van der Waals surface area (Å²) in [5.41, 5.74) is 4.38. The highest BCUT2D eigenvalue weighted by Gasteiger charge is 2.37. The predicted octanol–water partition coefficient (Wildman–Crippen LogP) is 2.60. The molecule has 2 aromatic rings. The third-order valence-corrected chi connectivity index (χ3v) is 6.48. The zero-order chi connectivity index (χ0) is 23.5. The van der Waals surface area contributed by atoms with E-state index in [1.165, 1.54) is 4.90 Å². The van der Waals surface area contributed by atoms with E-state index in [2.05, 4.69) is 5.32 Å². The predicted molar refractivity (Wildman–Crippen MR) is 121 cm³/mol. The number of hydrogen-bond donors (Lipinski definition) is 3.